The molecule has 0 aliphatic carbocycles. The Morgan fingerprint density at radius 3 is 2.46 bits per heavy atom. The van der Waals surface area contributed by atoms with Gasteiger partial charge in [0.15, 0.2) is 0 Å². The molecule has 1 rings (SSSR count). The molecule has 1 aromatic rings. The van der Waals surface area contributed by atoms with Crippen LogP contribution in [0.25, 0.3) is 0 Å². The Bertz CT molecular complexity index is 341. The lowest BCUT2D eigenvalue weighted by Gasteiger charge is -2.05. The van der Waals surface area contributed by atoms with E-state index in [1.807, 2.05) is 0 Å². The molecule has 0 saturated heterocycles. The predicted molar refractivity (Wildman–Crippen MR) is 55.8 cm³/mol. The molecule has 0 unspecified atom stereocenters. The number of hydrogen-bond donors (Lipinski definition) is 1. The van der Waals surface area contributed by atoms with Gasteiger partial charge in [0.1, 0.15) is 4.83 Å². The largest absolute Gasteiger partial charge is 0.480 e. The summed E-state index contributed by atoms with van der Waals surface area (Å²) in [6.07, 6.45) is 0. The number of rotatable bonds is 2. The summed E-state index contributed by atoms with van der Waals surface area (Å²) in [6.45, 7) is 0. The van der Waals surface area contributed by atoms with Gasteiger partial charge in [-0.05, 0) is 17.7 Å². The maximum absolute atomic E-state index is 10.6. The van der Waals surface area contributed by atoms with Crippen LogP contribution in [0.2, 0.25) is 10.0 Å². The molecule has 0 spiro atoms. The Balaban J connectivity index is 3.03. The third kappa shape index (κ3) is 2.59. The van der Waals surface area contributed by atoms with Gasteiger partial charge in [0.2, 0.25) is 0 Å². The van der Waals surface area contributed by atoms with Crippen LogP contribution in [0, 0.1) is 0 Å². The maximum Gasteiger partial charge on any atom is 0.321 e. The summed E-state index contributed by atoms with van der Waals surface area (Å²) in [5.74, 6) is -0.960. The molecule has 1 atom stereocenters. The van der Waals surface area contributed by atoms with Gasteiger partial charge in [-0.25, -0.2) is 0 Å². The summed E-state index contributed by atoms with van der Waals surface area (Å²) in [5.41, 5.74) is 0.571. The topological polar surface area (TPSA) is 37.3 Å². The van der Waals surface area contributed by atoms with Crippen LogP contribution in [0.1, 0.15) is 10.4 Å². The summed E-state index contributed by atoms with van der Waals surface area (Å²) in [6, 6.07) is 4.70. The molecular weight excluding hydrogens is 279 g/mol. The second kappa shape index (κ2) is 4.31. The smallest absolute Gasteiger partial charge is 0.321 e. The Morgan fingerprint density at radius 1 is 1.38 bits per heavy atom. The van der Waals surface area contributed by atoms with Gasteiger partial charge in [0.25, 0.3) is 0 Å². The number of carboxylic acid groups (broad SMARTS) is 1. The van der Waals surface area contributed by atoms with Gasteiger partial charge in [-0.2, -0.15) is 0 Å². The molecule has 0 saturated carbocycles. The number of benzene rings is 1. The molecule has 5 heteroatoms. The number of halogens is 3. The van der Waals surface area contributed by atoms with Crippen molar-refractivity contribution in [2.75, 3.05) is 0 Å². The lowest BCUT2D eigenvalue weighted by atomic mass is 10.1. The number of carbonyl (C=O) groups is 1. The van der Waals surface area contributed by atoms with Crippen molar-refractivity contribution >= 4 is 45.1 Å². The Morgan fingerprint density at radius 2 is 2.00 bits per heavy atom. The highest BCUT2D eigenvalue weighted by atomic mass is 79.9. The molecule has 2 nitrogen and oxygen atoms in total. The molecule has 0 aromatic heterocycles. The predicted octanol–water partition coefficient (Wildman–Crippen LogP) is 3.51. The first-order valence-corrected chi connectivity index (χ1v) is 5.01. The van der Waals surface area contributed by atoms with Crippen LogP contribution >= 0.6 is 39.1 Å². The van der Waals surface area contributed by atoms with Gasteiger partial charge < -0.3 is 5.11 Å². The summed E-state index contributed by atoms with van der Waals surface area (Å²) in [4.78, 5) is 9.83. The first-order valence-electron chi connectivity index (χ1n) is 3.34. The van der Waals surface area contributed by atoms with Crippen LogP contribution in [0.3, 0.4) is 0 Å². The van der Waals surface area contributed by atoms with E-state index >= 15 is 0 Å². The monoisotopic (exact) mass is 282 g/mol. The zero-order valence-electron chi connectivity index (χ0n) is 6.30. The van der Waals surface area contributed by atoms with Gasteiger partial charge in [-0.3, -0.25) is 4.79 Å². The summed E-state index contributed by atoms with van der Waals surface area (Å²) in [7, 11) is 0. The Labute approximate surface area is 93.6 Å². The lowest BCUT2D eigenvalue weighted by molar-refractivity contribution is -0.136. The fourth-order valence-corrected chi connectivity index (χ4v) is 1.40. The highest BCUT2D eigenvalue weighted by Gasteiger charge is 2.16. The average Bonchev–Trinajstić information content (AvgIpc) is 2.08. The van der Waals surface area contributed by atoms with Crippen LogP contribution in [-0.4, -0.2) is 11.1 Å². The second-order valence-electron chi connectivity index (χ2n) is 2.37. The van der Waals surface area contributed by atoms with E-state index < -0.39 is 10.8 Å². The fraction of sp³-hybridized carbons (Fsp3) is 0.125. The van der Waals surface area contributed by atoms with Crippen molar-refractivity contribution in [3.63, 3.8) is 0 Å². The second-order valence-corrected chi connectivity index (χ2v) is 4.10. The third-order valence-corrected chi connectivity index (χ3v) is 3.11. The van der Waals surface area contributed by atoms with E-state index in [1.54, 1.807) is 12.1 Å². The molecule has 0 aliphatic heterocycles. The highest BCUT2D eigenvalue weighted by Crippen LogP contribution is 2.29. The minimum Gasteiger partial charge on any atom is -0.480 e. The number of alkyl halides is 1. The minimum atomic E-state index is -0.960. The van der Waals surface area contributed by atoms with Crippen molar-refractivity contribution in [3.8, 4) is 0 Å². The van der Waals surface area contributed by atoms with Gasteiger partial charge in [-0.1, -0.05) is 45.2 Å². The molecule has 0 amide bonds. The normalized spacial score (nSPS) is 12.5. The van der Waals surface area contributed by atoms with Gasteiger partial charge in [0.05, 0.1) is 10.0 Å². The molecule has 0 fully saturated rings. The van der Waals surface area contributed by atoms with E-state index in [4.69, 9.17) is 28.3 Å². The van der Waals surface area contributed by atoms with Crippen LogP contribution in [0.15, 0.2) is 18.2 Å². The molecule has 13 heavy (non-hydrogen) atoms. The molecule has 1 N–H and O–H groups in total. The highest BCUT2D eigenvalue weighted by molar-refractivity contribution is 9.09. The Kier molecular flexibility index (Phi) is 3.59. The number of hydrogen-bond acceptors (Lipinski definition) is 1. The van der Waals surface area contributed by atoms with Gasteiger partial charge in [0, 0.05) is 0 Å². The summed E-state index contributed by atoms with van der Waals surface area (Å²) in [5, 5.41) is 9.44. The Hall–Kier alpha value is -0.250. The minimum absolute atomic E-state index is 0.352. The zero-order chi connectivity index (χ0) is 10.0. The maximum atomic E-state index is 10.6. The molecule has 0 radical (unpaired) electrons. The summed E-state index contributed by atoms with van der Waals surface area (Å²) < 4.78 is 0. The van der Waals surface area contributed by atoms with Crippen LogP contribution in [-0.2, 0) is 4.79 Å². The molecule has 0 heterocycles. The first kappa shape index (κ1) is 10.8. The van der Waals surface area contributed by atoms with E-state index in [0.29, 0.717) is 15.6 Å². The molecule has 1 aromatic carbocycles. The quantitative estimate of drug-likeness (QED) is 0.844. The van der Waals surface area contributed by atoms with E-state index in [0.717, 1.165) is 0 Å². The van der Waals surface area contributed by atoms with E-state index in [9.17, 15) is 4.79 Å². The van der Waals surface area contributed by atoms with Crippen molar-refractivity contribution in [3.05, 3.63) is 33.8 Å². The van der Waals surface area contributed by atoms with Crippen LogP contribution < -0.4 is 0 Å². The van der Waals surface area contributed by atoms with E-state index in [2.05, 4.69) is 15.9 Å². The fourth-order valence-electron chi connectivity index (χ4n) is 0.813. The van der Waals surface area contributed by atoms with Crippen molar-refractivity contribution in [1.29, 1.82) is 0 Å². The molecular formula is C8H5BrCl2O2. The lowest BCUT2D eigenvalue weighted by Crippen LogP contribution is -2.03. The van der Waals surface area contributed by atoms with Crippen molar-refractivity contribution in [1.82, 2.24) is 0 Å². The number of carboxylic acids is 1. The summed E-state index contributed by atoms with van der Waals surface area (Å²) >= 11 is 14.4. The number of aliphatic carboxylic acids is 1. The third-order valence-electron chi connectivity index (χ3n) is 1.45. The van der Waals surface area contributed by atoms with Crippen LogP contribution in [0.5, 0.6) is 0 Å². The molecule has 0 aliphatic rings. The molecule has 0 bridgehead atoms. The van der Waals surface area contributed by atoms with Crippen LogP contribution in [0.4, 0.5) is 0 Å². The van der Waals surface area contributed by atoms with Crippen molar-refractivity contribution < 1.29 is 9.90 Å². The average molecular weight is 284 g/mol. The van der Waals surface area contributed by atoms with E-state index in [-0.39, 0.29) is 0 Å². The van der Waals surface area contributed by atoms with Crippen molar-refractivity contribution in [2.45, 2.75) is 4.83 Å². The van der Waals surface area contributed by atoms with E-state index in [1.165, 1.54) is 6.07 Å². The SMILES string of the molecule is O=C(O)[C@@H](Br)c1ccc(Cl)c(Cl)c1. The van der Waals surface area contributed by atoms with Crippen molar-refractivity contribution in [2.24, 2.45) is 0 Å². The standard InChI is InChI=1S/C8H5BrCl2O2/c9-7(8(12)13)4-1-2-5(10)6(11)3-4/h1-3,7H,(H,12,13)/t7-/m0/s1. The van der Waals surface area contributed by atoms with Gasteiger partial charge in [-0.15, -0.1) is 0 Å². The first-order chi connectivity index (χ1) is 6.02. The zero-order valence-corrected chi connectivity index (χ0v) is 9.40. The molecule has 70 valence electrons. The van der Waals surface area contributed by atoms with Gasteiger partial charge >= 0.3 is 5.97 Å².